The molecule has 0 aliphatic carbocycles. The van der Waals surface area contributed by atoms with E-state index in [1.807, 2.05) is 0 Å². The van der Waals surface area contributed by atoms with Crippen molar-refractivity contribution in [2.24, 2.45) is 0 Å². The molecule has 0 rings (SSSR count). The molecule has 0 bridgehead atoms. The van der Waals surface area contributed by atoms with Crippen LogP contribution in [0.15, 0.2) is 0 Å². The monoisotopic (exact) mass is 169 g/mol. The van der Waals surface area contributed by atoms with Crippen LogP contribution in [0.2, 0.25) is 0 Å². The van der Waals surface area contributed by atoms with Gasteiger partial charge in [-0.15, -0.1) is 0 Å². The van der Waals surface area contributed by atoms with Crippen LogP contribution in [0.25, 0.3) is 0 Å². The van der Waals surface area contributed by atoms with E-state index in [0.717, 1.165) is 13.8 Å². The molecule has 0 aromatic carbocycles. The van der Waals surface area contributed by atoms with Gasteiger partial charge in [-0.25, -0.2) is 5.11 Å². The minimum Gasteiger partial charge on any atom is -0.328 e. The van der Waals surface area contributed by atoms with Crippen LogP contribution >= 0.6 is 0 Å². The number of ether oxygens (including phenoxy) is 1. The fraction of sp³-hybridized carbons (Fsp3) is 1.00. The molecular formula is C4H9O5S. The summed E-state index contributed by atoms with van der Waals surface area (Å²) in [4.78, 5) is 0. The zero-order chi connectivity index (χ0) is 8.36. The highest BCUT2D eigenvalue weighted by atomic mass is 32.2. The van der Waals surface area contributed by atoms with Gasteiger partial charge in [0.15, 0.2) is 11.7 Å². The summed E-state index contributed by atoms with van der Waals surface area (Å²) in [6.07, 6.45) is -1.45. The van der Waals surface area contributed by atoms with Crippen molar-refractivity contribution in [1.29, 1.82) is 0 Å². The maximum atomic E-state index is 10.2. The summed E-state index contributed by atoms with van der Waals surface area (Å²) in [5.41, 5.74) is -1.44. The molecule has 0 heterocycles. The molecule has 2 unspecified atom stereocenters. The maximum Gasteiger partial charge on any atom is 0.292 e. The largest absolute Gasteiger partial charge is 0.328 e. The molecule has 0 aromatic rings. The van der Waals surface area contributed by atoms with Gasteiger partial charge in [-0.3, -0.25) is 4.55 Å². The Labute approximate surface area is 59.4 Å². The Morgan fingerprint density at radius 2 is 1.80 bits per heavy atom. The minimum atomic E-state index is -4.22. The summed E-state index contributed by atoms with van der Waals surface area (Å²) >= 11 is 0. The highest BCUT2D eigenvalue weighted by Crippen LogP contribution is 2.01. The van der Waals surface area contributed by atoms with Gasteiger partial charge in [0.05, 0.1) is 0 Å². The first-order valence-corrected chi connectivity index (χ1v) is 4.12. The molecule has 10 heavy (non-hydrogen) atoms. The van der Waals surface area contributed by atoms with Crippen molar-refractivity contribution in [3.63, 3.8) is 0 Å². The molecule has 0 aromatic heterocycles. The lowest BCUT2D eigenvalue weighted by molar-refractivity contribution is -0.135. The van der Waals surface area contributed by atoms with Crippen LogP contribution in [0, 0.1) is 0 Å². The Balaban J connectivity index is 3.99. The van der Waals surface area contributed by atoms with Crippen LogP contribution in [-0.2, 0) is 20.0 Å². The van der Waals surface area contributed by atoms with Crippen LogP contribution in [0.5, 0.6) is 0 Å². The van der Waals surface area contributed by atoms with Crippen molar-refractivity contribution < 1.29 is 22.8 Å². The number of hydrogen-bond donors (Lipinski definition) is 1. The van der Waals surface area contributed by atoms with Gasteiger partial charge in [-0.05, 0) is 13.8 Å². The molecule has 0 fully saturated rings. The van der Waals surface area contributed by atoms with E-state index < -0.39 is 21.8 Å². The number of rotatable bonds is 3. The van der Waals surface area contributed by atoms with Gasteiger partial charge in [0, 0.05) is 0 Å². The molecule has 0 aliphatic rings. The normalized spacial score (nSPS) is 18.4. The van der Waals surface area contributed by atoms with E-state index in [4.69, 9.17) is 4.55 Å². The zero-order valence-electron chi connectivity index (χ0n) is 5.64. The summed E-state index contributed by atoms with van der Waals surface area (Å²) in [5, 5.41) is 10.2. The van der Waals surface area contributed by atoms with Crippen LogP contribution in [0.1, 0.15) is 13.8 Å². The van der Waals surface area contributed by atoms with Crippen LogP contribution in [0.3, 0.4) is 0 Å². The van der Waals surface area contributed by atoms with Crippen LogP contribution in [0.4, 0.5) is 0 Å². The van der Waals surface area contributed by atoms with E-state index in [-0.39, 0.29) is 0 Å². The van der Waals surface area contributed by atoms with Crippen LogP contribution in [-0.4, -0.2) is 24.7 Å². The number of hydrogen-bond acceptors (Lipinski definition) is 3. The van der Waals surface area contributed by atoms with Crippen LogP contribution < -0.4 is 0 Å². The van der Waals surface area contributed by atoms with Gasteiger partial charge in [-0.1, -0.05) is 0 Å². The second kappa shape index (κ2) is 3.29. The SMILES string of the molecule is CC([O])OC(C)S(=O)(=O)O. The quantitative estimate of drug-likeness (QED) is 0.476. The van der Waals surface area contributed by atoms with Gasteiger partial charge in [0.25, 0.3) is 10.1 Å². The summed E-state index contributed by atoms with van der Waals surface area (Å²) < 4.78 is 32.8. The van der Waals surface area contributed by atoms with Gasteiger partial charge < -0.3 is 4.74 Å². The van der Waals surface area contributed by atoms with Crippen molar-refractivity contribution in [3.05, 3.63) is 0 Å². The molecule has 1 N–H and O–H groups in total. The van der Waals surface area contributed by atoms with Gasteiger partial charge in [-0.2, -0.15) is 8.42 Å². The van der Waals surface area contributed by atoms with Crippen molar-refractivity contribution in [3.8, 4) is 0 Å². The molecule has 5 nitrogen and oxygen atoms in total. The lowest BCUT2D eigenvalue weighted by Crippen LogP contribution is -2.24. The first-order valence-electron chi connectivity index (χ1n) is 2.61. The zero-order valence-corrected chi connectivity index (χ0v) is 6.46. The molecule has 1 radical (unpaired) electrons. The maximum absolute atomic E-state index is 10.2. The molecule has 0 spiro atoms. The van der Waals surface area contributed by atoms with Gasteiger partial charge in [0.2, 0.25) is 0 Å². The second-order valence-electron chi connectivity index (χ2n) is 1.79. The fourth-order valence-corrected chi connectivity index (χ4v) is 0.637. The smallest absolute Gasteiger partial charge is 0.292 e. The first-order chi connectivity index (χ1) is 4.34. The van der Waals surface area contributed by atoms with E-state index in [1.54, 1.807) is 0 Å². The Morgan fingerprint density at radius 3 is 1.90 bits per heavy atom. The molecule has 0 amide bonds. The third-order valence-corrected chi connectivity index (χ3v) is 1.75. The standard InChI is InChI=1S/C4H9O5S/c1-3(5)9-4(2)10(6,7)8/h3-4H,1-2H3,(H,6,7,8). The Kier molecular flexibility index (Phi) is 3.23. The van der Waals surface area contributed by atoms with E-state index in [0.29, 0.717) is 0 Å². The van der Waals surface area contributed by atoms with E-state index in [1.165, 1.54) is 0 Å². The average molecular weight is 169 g/mol. The molecule has 0 saturated carbocycles. The first kappa shape index (κ1) is 9.83. The lowest BCUT2D eigenvalue weighted by Gasteiger charge is -2.09. The highest BCUT2D eigenvalue weighted by Gasteiger charge is 2.19. The third kappa shape index (κ3) is 3.78. The summed E-state index contributed by atoms with van der Waals surface area (Å²) in [6, 6.07) is 0. The topological polar surface area (TPSA) is 83.5 Å². The van der Waals surface area contributed by atoms with Gasteiger partial charge >= 0.3 is 0 Å². The van der Waals surface area contributed by atoms with Crippen molar-refractivity contribution in [2.75, 3.05) is 0 Å². The van der Waals surface area contributed by atoms with E-state index in [2.05, 4.69) is 4.74 Å². The molecule has 61 valence electrons. The Bertz CT molecular complexity index is 182. The van der Waals surface area contributed by atoms with E-state index >= 15 is 0 Å². The predicted molar refractivity (Wildman–Crippen MR) is 32.2 cm³/mol. The average Bonchev–Trinajstić information content (AvgIpc) is 1.60. The summed E-state index contributed by atoms with van der Waals surface area (Å²) in [5.74, 6) is 0. The van der Waals surface area contributed by atoms with Crippen molar-refractivity contribution >= 4 is 10.1 Å². The molecule has 6 heteroatoms. The third-order valence-electron chi connectivity index (χ3n) is 0.803. The minimum absolute atomic E-state index is 1.09. The summed E-state index contributed by atoms with van der Waals surface area (Å²) in [6.45, 7) is 2.23. The van der Waals surface area contributed by atoms with E-state index in [9.17, 15) is 13.5 Å². The lowest BCUT2D eigenvalue weighted by atomic mass is 10.7. The molecule has 0 saturated heterocycles. The predicted octanol–water partition coefficient (Wildman–Crippen LogP) is 0.0133. The highest BCUT2D eigenvalue weighted by molar-refractivity contribution is 7.86. The van der Waals surface area contributed by atoms with Crippen molar-refractivity contribution in [2.45, 2.75) is 25.6 Å². The molecular weight excluding hydrogens is 160 g/mol. The summed E-state index contributed by atoms with van der Waals surface area (Å²) in [7, 11) is -4.22. The Morgan fingerprint density at radius 1 is 1.40 bits per heavy atom. The van der Waals surface area contributed by atoms with Crippen molar-refractivity contribution in [1.82, 2.24) is 0 Å². The second-order valence-corrected chi connectivity index (χ2v) is 3.48. The Hall–Kier alpha value is -0.170. The molecule has 0 aliphatic heterocycles. The van der Waals surface area contributed by atoms with Gasteiger partial charge in [0.1, 0.15) is 0 Å². The fourth-order valence-electron chi connectivity index (χ4n) is 0.340. The molecule has 2 atom stereocenters.